The molecule has 4 nitrogen and oxygen atoms in total. The standard InChI is InChI=1S/C27H19ClN2O2/c28-19-11-16-24-23(17-19)25(18-7-3-1-4-8-18)26(27(31)30-24)29-20-12-14-22(15-13-20)32-21-9-5-2-6-10-21/h1-17,29H,(H,30,31). The van der Waals surface area contributed by atoms with Crippen LogP contribution in [-0.4, -0.2) is 4.98 Å². The summed E-state index contributed by atoms with van der Waals surface area (Å²) in [4.78, 5) is 16.0. The second-order valence-corrected chi connectivity index (χ2v) is 7.76. The summed E-state index contributed by atoms with van der Waals surface area (Å²) in [5.41, 5.74) is 3.49. The molecule has 1 aromatic heterocycles. The maximum absolute atomic E-state index is 13.0. The summed E-state index contributed by atoms with van der Waals surface area (Å²) in [5.74, 6) is 1.48. The number of ether oxygens (including phenoxy) is 1. The number of hydrogen-bond donors (Lipinski definition) is 2. The highest BCUT2D eigenvalue weighted by Gasteiger charge is 2.15. The molecule has 4 aromatic carbocycles. The van der Waals surface area contributed by atoms with Crippen molar-refractivity contribution in [3.63, 3.8) is 0 Å². The Labute approximate surface area is 190 Å². The number of aromatic nitrogens is 1. The molecule has 2 N–H and O–H groups in total. The number of para-hydroxylation sites is 1. The molecule has 5 rings (SSSR count). The Morgan fingerprint density at radius 2 is 1.41 bits per heavy atom. The van der Waals surface area contributed by atoms with Gasteiger partial charge in [0.05, 0.1) is 0 Å². The van der Waals surface area contributed by atoms with E-state index in [2.05, 4.69) is 10.3 Å². The molecule has 0 aliphatic rings. The highest BCUT2D eigenvalue weighted by atomic mass is 35.5. The number of halogens is 1. The molecule has 1 heterocycles. The highest BCUT2D eigenvalue weighted by molar-refractivity contribution is 6.31. The second-order valence-electron chi connectivity index (χ2n) is 7.32. The lowest BCUT2D eigenvalue weighted by Crippen LogP contribution is -2.13. The zero-order valence-corrected chi connectivity index (χ0v) is 17.8. The summed E-state index contributed by atoms with van der Waals surface area (Å²) < 4.78 is 5.86. The molecule has 0 spiro atoms. The Kier molecular flexibility index (Phi) is 5.36. The molecule has 0 unspecified atom stereocenters. The Bertz CT molecular complexity index is 1430. The summed E-state index contributed by atoms with van der Waals surface area (Å²) in [6.07, 6.45) is 0. The van der Waals surface area contributed by atoms with Gasteiger partial charge in [-0.1, -0.05) is 60.1 Å². The van der Waals surface area contributed by atoms with Gasteiger partial charge in [-0.3, -0.25) is 4.79 Å². The maximum Gasteiger partial charge on any atom is 0.272 e. The number of rotatable bonds is 5. The fourth-order valence-electron chi connectivity index (χ4n) is 3.66. The monoisotopic (exact) mass is 438 g/mol. The molecule has 156 valence electrons. The fraction of sp³-hybridized carbons (Fsp3) is 0. The van der Waals surface area contributed by atoms with Crippen molar-refractivity contribution in [1.82, 2.24) is 4.98 Å². The van der Waals surface area contributed by atoms with Crippen LogP contribution in [-0.2, 0) is 0 Å². The minimum absolute atomic E-state index is 0.205. The first-order chi connectivity index (χ1) is 15.7. The average molecular weight is 439 g/mol. The van der Waals surface area contributed by atoms with Gasteiger partial charge in [-0.05, 0) is 60.2 Å². The molecule has 5 aromatic rings. The molecule has 5 heteroatoms. The Hall–Kier alpha value is -4.02. The summed E-state index contributed by atoms with van der Waals surface area (Å²) >= 11 is 6.29. The number of anilines is 2. The third kappa shape index (κ3) is 4.09. The smallest absolute Gasteiger partial charge is 0.272 e. The van der Waals surface area contributed by atoms with Crippen LogP contribution in [0.4, 0.5) is 11.4 Å². The summed E-state index contributed by atoms with van der Waals surface area (Å²) in [5, 5.41) is 4.78. The lowest BCUT2D eigenvalue weighted by Gasteiger charge is -2.15. The predicted octanol–water partition coefficient (Wildman–Crippen LogP) is 7.38. The van der Waals surface area contributed by atoms with E-state index in [0.29, 0.717) is 16.5 Å². The van der Waals surface area contributed by atoms with E-state index >= 15 is 0 Å². The van der Waals surface area contributed by atoms with Crippen molar-refractivity contribution in [2.45, 2.75) is 0 Å². The van der Waals surface area contributed by atoms with Gasteiger partial charge in [0.1, 0.15) is 17.2 Å². The third-order valence-corrected chi connectivity index (χ3v) is 5.38. The number of fused-ring (bicyclic) bond motifs is 1. The van der Waals surface area contributed by atoms with Gasteiger partial charge in [0, 0.05) is 27.2 Å². The lowest BCUT2D eigenvalue weighted by atomic mass is 9.99. The van der Waals surface area contributed by atoms with E-state index in [9.17, 15) is 4.79 Å². The van der Waals surface area contributed by atoms with Crippen molar-refractivity contribution < 1.29 is 4.74 Å². The number of aromatic amines is 1. The van der Waals surface area contributed by atoms with E-state index in [1.165, 1.54) is 0 Å². The van der Waals surface area contributed by atoms with E-state index in [1.807, 2.05) is 97.1 Å². The molecule has 0 radical (unpaired) electrons. The molecule has 0 bridgehead atoms. The molecular weight excluding hydrogens is 420 g/mol. The van der Waals surface area contributed by atoms with Gasteiger partial charge in [-0.25, -0.2) is 0 Å². The Balaban J connectivity index is 1.55. The number of benzene rings is 4. The molecule has 0 saturated carbocycles. The van der Waals surface area contributed by atoms with Crippen molar-refractivity contribution in [3.8, 4) is 22.6 Å². The van der Waals surface area contributed by atoms with Gasteiger partial charge in [0.15, 0.2) is 0 Å². The lowest BCUT2D eigenvalue weighted by molar-refractivity contribution is 0.483. The quantitative estimate of drug-likeness (QED) is 0.301. The van der Waals surface area contributed by atoms with Gasteiger partial charge >= 0.3 is 0 Å². The third-order valence-electron chi connectivity index (χ3n) is 5.14. The van der Waals surface area contributed by atoms with Crippen molar-refractivity contribution in [1.29, 1.82) is 0 Å². The zero-order valence-electron chi connectivity index (χ0n) is 17.0. The Morgan fingerprint density at radius 1 is 0.750 bits per heavy atom. The number of nitrogens with one attached hydrogen (secondary N) is 2. The van der Waals surface area contributed by atoms with Gasteiger partial charge < -0.3 is 15.0 Å². The molecule has 0 amide bonds. The molecular formula is C27H19ClN2O2. The number of pyridine rings is 1. The predicted molar refractivity (Wildman–Crippen MR) is 131 cm³/mol. The van der Waals surface area contributed by atoms with Crippen molar-refractivity contribution in [2.75, 3.05) is 5.32 Å². The highest BCUT2D eigenvalue weighted by Crippen LogP contribution is 2.35. The average Bonchev–Trinajstić information content (AvgIpc) is 2.82. The normalized spacial score (nSPS) is 10.8. The SMILES string of the molecule is O=c1[nH]c2ccc(Cl)cc2c(-c2ccccc2)c1Nc1ccc(Oc2ccccc2)cc1. The van der Waals surface area contributed by atoms with E-state index in [0.717, 1.165) is 33.5 Å². The molecule has 0 saturated heterocycles. The van der Waals surface area contributed by atoms with Crippen LogP contribution in [0.1, 0.15) is 0 Å². The van der Waals surface area contributed by atoms with Crippen molar-refractivity contribution in [3.05, 3.63) is 119 Å². The molecule has 0 aliphatic heterocycles. The van der Waals surface area contributed by atoms with Crippen LogP contribution in [0, 0.1) is 0 Å². The second kappa shape index (κ2) is 8.61. The largest absolute Gasteiger partial charge is 0.457 e. The topological polar surface area (TPSA) is 54.1 Å². The van der Waals surface area contributed by atoms with Gasteiger partial charge in [-0.15, -0.1) is 0 Å². The molecule has 0 aliphatic carbocycles. The van der Waals surface area contributed by atoms with Gasteiger partial charge in [0.25, 0.3) is 5.56 Å². The summed E-state index contributed by atoms with van der Waals surface area (Å²) in [6, 6.07) is 32.4. The Morgan fingerprint density at radius 3 is 2.12 bits per heavy atom. The van der Waals surface area contributed by atoms with Crippen molar-refractivity contribution >= 4 is 33.9 Å². The van der Waals surface area contributed by atoms with E-state index in [1.54, 1.807) is 6.07 Å². The molecule has 32 heavy (non-hydrogen) atoms. The van der Waals surface area contributed by atoms with Crippen LogP contribution in [0.2, 0.25) is 5.02 Å². The fourth-order valence-corrected chi connectivity index (χ4v) is 3.84. The first kappa shape index (κ1) is 19.9. The summed E-state index contributed by atoms with van der Waals surface area (Å²) in [7, 11) is 0. The van der Waals surface area contributed by atoms with E-state index in [-0.39, 0.29) is 5.56 Å². The summed E-state index contributed by atoms with van der Waals surface area (Å²) in [6.45, 7) is 0. The number of hydrogen-bond acceptors (Lipinski definition) is 3. The van der Waals surface area contributed by atoms with Crippen LogP contribution >= 0.6 is 11.6 Å². The van der Waals surface area contributed by atoms with Gasteiger partial charge in [0.2, 0.25) is 0 Å². The first-order valence-corrected chi connectivity index (χ1v) is 10.6. The maximum atomic E-state index is 13.0. The zero-order chi connectivity index (χ0) is 21.9. The van der Waals surface area contributed by atoms with E-state index in [4.69, 9.17) is 16.3 Å². The van der Waals surface area contributed by atoms with Crippen LogP contribution in [0.5, 0.6) is 11.5 Å². The van der Waals surface area contributed by atoms with Gasteiger partial charge in [-0.2, -0.15) is 0 Å². The minimum Gasteiger partial charge on any atom is -0.457 e. The van der Waals surface area contributed by atoms with Crippen LogP contribution < -0.4 is 15.6 Å². The first-order valence-electron chi connectivity index (χ1n) is 10.2. The van der Waals surface area contributed by atoms with Crippen LogP contribution in [0.25, 0.3) is 22.0 Å². The van der Waals surface area contributed by atoms with E-state index < -0.39 is 0 Å². The minimum atomic E-state index is -0.205. The molecule has 0 fully saturated rings. The molecule has 0 atom stereocenters. The van der Waals surface area contributed by atoms with Crippen LogP contribution in [0.3, 0.4) is 0 Å². The van der Waals surface area contributed by atoms with Crippen LogP contribution in [0.15, 0.2) is 108 Å². The van der Waals surface area contributed by atoms with Crippen molar-refractivity contribution in [2.24, 2.45) is 0 Å². The number of H-pyrrole nitrogens is 1.